The summed E-state index contributed by atoms with van der Waals surface area (Å²) in [6, 6.07) is 5.64. The molecule has 0 aliphatic carbocycles. The van der Waals surface area contributed by atoms with Crippen molar-refractivity contribution < 1.29 is 40.2 Å². The number of methoxy groups -OCH3 is 1. The van der Waals surface area contributed by atoms with Gasteiger partial charge in [-0.25, -0.2) is 22.3 Å². The summed E-state index contributed by atoms with van der Waals surface area (Å²) in [5.74, 6) is -0.804. The van der Waals surface area contributed by atoms with Gasteiger partial charge in [0.15, 0.2) is 0 Å². The zero-order valence-corrected chi connectivity index (χ0v) is 21.1. The minimum atomic E-state index is -5.03. The molecule has 0 saturated carbocycles. The zero-order valence-electron chi connectivity index (χ0n) is 20.3. The maximum atomic E-state index is 14.4. The van der Waals surface area contributed by atoms with Crippen molar-refractivity contribution in [2.75, 3.05) is 20.2 Å². The summed E-state index contributed by atoms with van der Waals surface area (Å²) in [5.41, 5.74) is -2.51. The van der Waals surface area contributed by atoms with Crippen LogP contribution >= 0.6 is 0 Å². The van der Waals surface area contributed by atoms with Crippen molar-refractivity contribution >= 4 is 16.1 Å². The van der Waals surface area contributed by atoms with E-state index in [0.717, 1.165) is 18.2 Å². The summed E-state index contributed by atoms with van der Waals surface area (Å²) in [7, 11) is -3.34. The summed E-state index contributed by atoms with van der Waals surface area (Å²) in [5, 5.41) is 0. The Bertz CT molecular complexity index is 1220. The first-order chi connectivity index (χ1) is 16.6. The molecule has 2 aromatic rings. The van der Waals surface area contributed by atoms with Gasteiger partial charge in [-0.3, -0.25) is 0 Å². The van der Waals surface area contributed by atoms with Gasteiger partial charge in [0.25, 0.3) is 0 Å². The average Bonchev–Trinajstić information content (AvgIpc) is 2.77. The molecule has 0 spiro atoms. The van der Waals surface area contributed by atoms with Crippen molar-refractivity contribution in [3.8, 4) is 16.9 Å². The molecular weight excluding hydrogens is 504 g/mol. The minimum Gasteiger partial charge on any atom is -0.496 e. The summed E-state index contributed by atoms with van der Waals surface area (Å²) < 4.78 is 94.9. The van der Waals surface area contributed by atoms with Gasteiger partial charge in [-0.15, -0.1) is 0 Å². The summed E-state index contributed by atoms with van der Waals surface area (Å²) in [6.45, 7) is 5.52. The molecule has 3 rings (SSSR count). The molecule has 12 heteroatoms. The molecule has 0 radical (unpaired) electrons. The van der Waals surface area contributed by atoms with Crippen LogP contribution in [0.1, 0.15) is 39.2 Å². The Hall–Kier alpha value is -2.86. The predicted molar refractivity (Wildman–Crippen MR) is 125 cm³/mol. The number of halogens is 4. The highest BCUT2D eigenvalue weighted by Gasteiger charge is 2.39. The molecule has 1 aliphatic rings. The van der Waals surface area contributed by atoms with Crippen LogP contribution in [-0.2, 0) is 20.9 Å². The van der Waals surface area contributed by atoms with E-state index in [4.69, 9.17) is 9.47 Å². The van der Waals surface area contributed by atoms with E-state index in [2.05, 4.69) is 4.72 Å². The first-order valence-corrected chi connectivity index (χ1v) is 12.6. The summed E-state index contributed by atoms with van der Waals surface area (Å²) in [4.78, 5) is 12.7. The first kappa shape index (κ1) is 27.7. The SMILES string of the molecule is COc1cccc(F)c1-c1ccc(S(=O)(=O)NC2CCN(C(=O)OC(C)(C)C)CC2)c(C(F)(F)F)c1. The van der Waals surface area contributed by atoms with Gasteiger partial charge in [0.1, 0.15) is 17.2 Å². The first-order valence-electron chi connectivity index (χ1n) is 11.2. The number of rotatable bonds is 5. The largest absolute Gasteiger partial charge is 0.496 e. The van der Waals surface area contributed by atoms with E-state index in [-0.39, 0.29) is 42.8 Å². The van der Waals surface area contributed by atoms with Crippen LogP contribution in [0, 0.1) is 5.82 Å². The number of nitrogens with zero attached hydrogens (tertiary/aromatic N) is 1. The molecule has 1 N–H and O–H groups in total. The number of carbonyl (C=O) groups excluding carboxylic acids is 1. The Morgan fingerprint density at radius 1 is 1.08 bits per heavy atom. The second-order valence-electron chi connectivity index (χ2n) is 9.39. The van der Waals surface area contributed by atoms with Crippen LogP contribution in [0.2, 0.25) is 0 Å². The number of alkyl halides is 3. The molecule has 1 heterocycles. The number of benzene rings is 2. The predicted octanol–water partition coefficient (Wildman–Crippen LogP) is 5.20. The van der Waals surface area contributed by atoms with E-state index in [1.165, 1.54) is 24.1 Å². The fourth-order valence-electron chi connectivity index (χ4n) is 3.89. The number of piperidine rings is 1. The lowest BCUT2D eigenvalue weighted by Crippen LogP contribution is -2.47. The van der Waals surface area contributed by atoms with Crippen molar-refractivity contribution in [3.63, 3.8) is 0 Å². The fourth-order valence-corrected chi connectivity index (χ4v) is 5.40. The summed E-state index contributed by atoms with van der Waals surface area (Å²) >= 11 is 0. The topological polar surface area (TPSA) is 84.9 Å². The van der Waals surface area contributed by atoms with Gasteiger partial charge in [0, 0.05) is 19.1 Å². The van der Waals surface area contributed by atoms with E-state index in [1.807, 2.05) is 0 Å². The van der Waals surface area contributed by atoms with Crippen molar-refractivity contribution in [2.45, 2.75) is 56.3 Å². The second-order valence-corrected chi connectivity index (χ2v) is 11.1. The fraction of sp³-hybridized carbons (Fsp3) is 0.458. The van der Waals surface area contributed by atoms with E-state index >= 15 is 0 Å². The summed E-state index contributed by atoms with van der Waals surface area (Å²) in [6.07, 6.45) is -5.17. The normalized spacial score (nSPS) is 15.6. The van der Waals surface area contributed by atoms with E-state index in [1.54, 1.807) is 20.8 Å². The van der Waals surface area contributed by atoms with Crippen LogP contribution in [0.25, 0.3) is 11.1 Å². The highest BCUT2D eigenvalue weighted by Crippen LogP contribution is 2.40. The number of likely N-dealkylation sites (tertiary alicyclic amines) is 1. The molecule has 0 bridgehead atoms. The molecule has 0 unspecified atom stereocenters. The Balaban J connectivity index is 1.85. The second kappa shape index (κ2) is 10.3. The number of amides is 1. The minimum absolute atomic E-state index is 0.00797. The van der Waals surface area contributed by atoms with Gasteiger partial charge in [0.2, 0.25) is 10.0 Å². The number of hydrogen-bond donors (Lipinski definition) is 1. The molecule has 0 atom stereocenters. The average molecular weight is 533 g/mol. The van der Waals surface area contributed by atoms with Crippen LogP contribution in [-0.4, -0.2) is 51.3 Å². The zero-order chi connectivity index (χ0) is 26.9. The van der Waals surface area contributed by atoms with Crippen molar-refractivity contribution in [1.82, 2.24) is 9.62 Å². The molecule has 198 valence electrons. The number of ether oxygens (including phenoxy) is 2. The molecule has 1 saturated heterocycles. The third kappa shape index (κ3) is 6.47. The Labute approximate surface area is 207 Å². The van der Waals surface area contributed by atoms with Crippen molar-refractivity contribution in [2.24, 2.45) is 0 Å². The molecule has 0 aromatic heterocycles. The van der Waals surface area contributed by atoms with Gasteiger partial charge < -0.3 is 14.4 Å². The highest BCUT2D eigenvalue weighted by molar-refractivity contribution is 7.89. The maximum Gasteiger partial charge on any atom is 0.417 e. The van der Waals surface area contributed by atoms with Crippen LogP contribution in [0.4, 0.5) is 22.4 Å². The molecule has 1 amide bonds. The Morgan fingerprint density at radius 3 is 2.28 bits per heavy atom. The quantitative estimate of drug-likeness (QED) is 0.536. The van der Waals surface area contributed by atoms with Crippen molar-refractivity contribution in [3.05, 3.63) is 47.8 Å². The van der Waals surface area contributed by atoms with Gasteiger partial charge in [0.05, 0.1) is 23.1 Å². The standard InChI is InChI=1S/C24H28F4N2O5S/c1-23(2,3)35-22(31)30-12-10-16(11-13-30)29-36(32,33)20-9-8-15(14-17(20)24(26,27)28)21-18(25)6-5-7-19(21)34-4/h5-9,14,16,29H,10-13H2,1-4H3. The number of nitrogens with one attached hydrogen (secondary N) is 1. The smallest absolute Gasteiger partial charge is 0.417 e. The van der Waals surface area contributed by atoms with Gasteiger partial charge in [-0.05, 0) is 63.4 Å². The van der Waals surface area contributed by atoms with Gasteiger partial charge in [-0.2, -0.15) is 13.2 Å². The van der Waals surface area contributed by atoms with Crippen LogP contribution in [0.15, 0.2) is 41.3 Å². The molecule has 2 aromatic carbocycles. The molecule has 1 aliphatic heterocycles. The lowest BCUT2D eigenvalue weighted by Gasteiger charge is -2.33. The van der Waals surface area contributed by atoms with Crippen LogP contribution in [0.5, 0.6) is 5.75 Å². The third-order valence-electron chi connectivity index (χ3n) is 5.53. The molecule has 1 fully saturated rings. The highest BCUT2D eigenvalue weighted by atomic mass is 32.2. The van der Waals surface area contributed by atoms with Crippen molar-refractivity contribution in [1.29, 1.82) is 0 Å². The van der Waals surface area contributed by atoms with Crippen LogP contribution in [0.3, 0.4) is 0 Å². The maximum absolute atomic E-state index is 14.4. The monoisotopic (exact) mass is 532 g/mol. The Kier molecular flexibility index (Phi) is 7.89. The number of sulfonamides is 1. The lowest BCUT2D eigenvalue weighted by molar-refractivity contribution is -0.139. The van der Waals surface area contributed by atoms with E-state index in [0.29, 0.717) is 6.07 Å². The van der Waals surface area contributed by atoms with E-state index < -0.39 is 50.2 Å². The van der Waals surface area contributed by atoms with Gasteiger partial charge in [-0.1, -0.05) is 12.1 Å². The third-order valence-corrected chi connectivity index (χ3v) is 7.11. The lowest BCUT2D eigenvalue weighted by atomic mass is 10.0. The molecular formula is C24H28F4N2O5S. The number of hydrogen-bond acceptors (Lipinski definition) is 5. The van der Waals surface area contributed by atoms with Gasteiger partial charge >= 0.3 is 12.3 Å². The molecule has 36 heavy (non-hydrogen) atoms. The van der Waals surface area contributed by atoms with E-state index in [9.17, 15) is 30.8 Å². The number of carbonyl (C=O) groups is 1. The Morgan fingerprint density at radius 2 is 1.72 bits per heavy atom. The van der Waals surface area contributed by atoms with Crippen LogP contribution < -0.4 is 9.46 Å². The molecule has 7 nitrogen and oxygen atoms in total.